The van der Waals surface area contributed by atoms with Gasteiger partial charge in [-0.05, 0) is 43.6 Å². The minimum absolute atomic E-state index is 0.252. The topological polar surface area (TPSA) is 84.2 Å². The van der Waals surface area contributed by atoms with Gasteiger partial charge in [0, 0.05) is 12.7 Å². The maximum atomic E-state index is 12.5. The average molecular weight is 321 g/mol. The van der Waals surface area contributed by atoms with Crippen LogP contribution in [0.2, 0.25) is 0 Å². The predicted octanol–water partition coefficient (Wildman–Crippen LogP) is 2.70. The highest BCUT2D eigenvalue weighted by Gasteiger charge is 2.43. The molecule has 0 bridgehead atoms. The van der Waals surface area contributed by atoms with Crippen LogP contribution in [0.1, 0.15) is 75.0 Å². The van der Waals surface area contributed by atoms with Gasteiger partial charge in [-0.1, -0.05) is 27.2 Å². The van der Waals surface area contributed by atoms with Gasteiger partial charge in [0.1, 0.15) is 11.2 Å². The Morgan fingerprint density at radius 2 is 2.04 bits per heavy atom. The van der Waals surface area contributed by atoms with Gasteiger partial charge < -0.3 is 10.4 Å². The smallest absolute Gasteiger partial charge is 0.329 e. The Morgan fingerprint density at radius 3 is 2.48 bits per heavy atom. The summed E-state index contributed by atoms with van der Waals surface area (Å²) in [5.74, 6) is -0.533. The van der Waals surface area contributed by atoms with Gasteiger partial charge >= 0.3 is 5.97 Å². The Morgan fingerprint density at radius 1 is 1.43 bits per heavy atom. The third-order valence-electron chi connectivity index (χ3n) is 5.04. The summed E-state index contributed by atoms with van der Waals surface area (Å²) in [5.41, 5.74) is 0.0850. The number of carboxylic acid groups (broad SMARTS) is 1. The van der Waals surface area contributed by atoms with E-state index < -0.39 is 17.4 Å². The summed E-state index contributed by atoms with van der Waals surface area (Å²) in [7, 11) is 1.80. The Bertz CT molecular complexity index is 584. The third kappa shape index (κ3) is 3.57. The van der Waals surface area contributed by atoms with Crippen LogP contribution in [0.25, 0.3) is 0 Å². The van der Waals surface area contributed by atoms with Crippen molar-refractivity contribution in [2.75, 3.05) is 0 Å². The van der Waals surface area contributed by atoms with Gasteiger partial charge in [-0.2, -0.15) is 5.10 Å². The van der Waals surface area contributed by atoms with Crippen molar-refractivity contribution in [1.82, 2.24) is 15.1 Å². The number of nitrogens with zero attached hydrogens (tertiary/aromatic N) is 2. The van der Waals surface area contributed by atoms with E-state index in [-0.39, 0.29) is 11.6 Å². The first-order chi connectivity index (χ1) is 10.8. The lowest BCUT2D eigenvalue weighted by Crippen LogP contribution is -2.56. The predicted molar refractivity (Wildman–Crippen MR) is 87.4 cm³/mol. The third-order valence-corrected chi connectivity index (χ3v) is 5.04. The van der Waals surface area contributed by atoms with Gasteiger partial charge in [0.2, 0.25) is 0 Å². The highest BCUT2D eigenvalue weighted by molar-refractivity contribution is 5.96. The molecular formula is C17H27N3O3. The maximum absolute atomic E-state index is 12.5. The van der Waals surface area contributed by atoms with Crippen LogP contribution in [0.5, 0.6) is 0 Å². The zero-order valence-electron chi connectivity index (χ0n) is 14.4. The van der Waals surface area contributed by atoms with Crippen LogP contribution in [-0.2, 0) is 11.8 Å². The van der Waals surface area contributed by atoms with Crippen LogP contribution >= 0.6 is 0 Å². The zero-order valence-corrected chi connectivity index (χ0v) is 14.4. The average Bonchev–Trinajstić information content (AvgIpc) is 2.90. The molecule has 0 spiro atoms. The summed E-state index contributed by atoms with van der Waals surface area (Å²) in [6.07, 6.45) is 3.69. The molecule has 1 aliphatic rings. The number of aryl methyl sites for hydroxylation is 1. The number of hydrogen-bond donors (Lipinski definition) is 2. The standard InChI is InChI=1S/C17H27N3O3/c1-5-12-6-8-17(9-7-12,16(22)23)18-15(21)13-10-14(11(2)3)20(4)19-13/h10-12H,5-9H2,1-4H3,(H,18,21)(H,22,23). The van der Waals surface area contributed by atoms with Crippen LogP contribution in [0, 0.1) is 5.92 Å². The van der Waals surface area contributed by atoms with Crippen LogP contribution in [-0.4, -0.2) is 32.3 Å². The number of aliphatic carboxylic acids is 1. The first-order valence-corrected chi connectivity index (χ1v) is 8.39. The van der Waals surface area contributed by atoms with E-state index in [1.54, 1.807) is 17.8 Å². The molecule has 1 aliphatic carbocycles. The largest absolute Gasteiger partial charge is 0.480 e. The van der Waals surface area contributed by atoms with E-state index in [0.717, 1.165) is 25.0 Å². The number of carbonyl (C=O) groups is 2. The Balaban J connectivity index is 2.16. The zero-order chi connectivity index (χ0) is 17.2. The Kier molecular flexibility index (Phi) is 5.12. The highest BCUT2D eigenvalue weighted by atomic mass is 16.4. The molecule has 0 aromatic carbocycles. The molecule has 6 nitrogen and oxygen atoms in total. The van der Waals surface area contributed by atoms with Gasteiger partial charge in [-0.3, -0.25) is 9.48 Å². The maximum Gasteiger partial charge on any atom is 0.329 e. The van der Waals surface area contributed by atoms with Crippen molar-refractivity contribution in [2.45, 2.75) is 64.3 Å². The molecule has 0 unspecified atom stereocenters. The van der Waals surface area contributed by atoms with Crippen molar-refractivity contribution >= 4 is 11.9 Å². The second-order valence-corrected chi connectivity index (χ2v) is 6.93. The molecule has 0 atom stereocenters. The molecule has 1 aromatic rings. The molecule has 1 fully saturated rings. The second kappa shape index (κ2) is 6.72. The first kappa shape index (κ1) is 17.5. The number of carbonyl (C=O) groups excluding carboxylic acids is 1. The molecule has 1 heterocycles. The lowest BCUT2D eigenvalue weighted by molar-refractivity contribution is -0.146. The summed E-state index contributed by atoms with van der Waals surface area (Å²) in [4.78, 5) is 24.3. The van der Waals surface area contributed by atoms with Crippen LogP contribution in [0.3, 0.4) is 0 Å². The van der Waals surface area contributed by atoms with Crippen molar-refractivity contribution in [3.05, 3.63) is 17.5 Å². The summed E-state index contributed by atoms with van der Waals surface area (Å²) in [6, 6.07) is 1.74. The number of rotatable bonds is 5. The normalized spacial score (nSPS) is 24.7. The van der Waals surface area contributed by atoms with E-state index in [1.807, 2.05) is 13.8 Å². The molecule has 128 valence electrons. The van der Waals surface area contributed by atoms with Crippen molar-refractivity contribution in [1.29, 1.82) is 0 Å². The fraction of sp³-hybridized carbons (Fsp3) is 0.706. The van der Waals surface area contributed by atoms with Crippen LogP contribution in [0.4, 0.5) is 0 Å². The lowest BCUT2D eigenvalue weighted by Gasteiger charge is -2.37. The van der Waals surface area contributed by atoms with E-state index in [1.165, 1.54) is 0 Å². The summed E-state index contributed by atoms with van der Waals surface area (Å²) in [6.45, 7) is 6.19. The summed E-state index contributed by atoms with van der Waals surface area (Å²) >= 11 is 0. The Hall–Kier alpha value is -1.85. The van der Waals surface area contributed by atoms with Gasteiger partial charge in [0.25, 0.3) is 5.91 Å². The minimum Gasteiger partial charge on any atom is -0.480 e. The molecule has 2 N–H and O–H groups in total. The Labute approximate surface area is 137 Å². The van der Waals surface area contributed by atoms with Crippen LogP contribution < -0.4 is 5.32 Å². The second-order valence-electron chi connectivity index (χ2n) is 6.93. The summed E-state index contributed by atoms with van der Waals surface area (Å²) in [5, 5.41) is 16.6. The minimum atomic E-state index is -1.15. The van der Waals surface area contributed by atoms with Crippen molar-refractivity contribution in [3.8, 4) is 0 Å². The molecule has 23 heavy (non-hydrogen) atoms. The van der Waals surface area contributed by atoms with E-state index in [9.17, 15) is 14.7 Å². The number of hydrogen-bond acceptors (Lipinski definition) is 3. The van der Waals surface area contributed by atoms with Gasteiger partial charge in [0.15, 0.2) is 0 Å². The molecule has 1 aromatic heterocycles. The number of amides is 1. The first-order valence-electron chi connectivity index (χ1n) is 8.39. The summed E-state index contributed by atoms with van der Waals surface area (Å²) < 4.78 is 1.68. The molecular weight excluding hydrogens is 294 g/mol. The molecule has 1 amide bonds. The lowest BCUT2D eigenvalue weighted by atomic mass is 9.75. The SMILES string of the molecule is CCC1CCC(NC(=O)c2cc(C(C)C)n(C)n2)(C(=O)O)CC1. The van der Waals surface area contributed by atoms with Gasteiger partial charge in [0.05, 0.1) is 0 Å². The molecule has 0 saturated heterocycles. The van der Waals surface area contributed by atoms with Crippen molar-refractivity contribution in [3.63, 3.8) is 0 Å². The fourth-order valence-electron chi connectivity index (χ4n) is 3.39. The number of carboxylic acids is 1. The molecule has 6 heteroatoms. The monoisotopic (exact) mass is 321 g/mol. The van der Waals surface area contributed by atoms with E-state index in [0.29, 0.717) is 18.8 Å². The quantitative estimate of drug-likeness (QED) is 0.873. The molecule has 0 aliphatic heterocycles. The molecule has 0 radical (unpaired) electrons. The molecule has 2 rings (SSSR count). The van der Waals surface area contributed by atoms with E-state index in [4.69, 9.17) is 0 Å². The number of aromatic nitrogens is 2. The fourth-order valence-corrected chi connectivity index (χ4v) is 3.39. The number of nitrogens with one attached hydrogen (secondary N) is 1. The van der Waals surface area contributed by atoms with E-state index in [2.05, 4.69) is 17.3 Å². The van der Waals surface area contributed by atoms with E-state index >= 15 is 0 Å². The van der Waals surface area contributed by atoms with Crippen molar-refractivity contribution in [2.24, 2.45) is 13.0 Å². The van der Waals surface area contributed by atoms with Gasteiger partial charge in [-0.15, -0.1) is 0 Å². The van der Waals surface area contributed by atoms with Gasteiger partial charge in [-0.25, -0.2) is 4.79 Å². The van der Waals surface area contributed by atoms with Crippen LogP contribution in [0.15, 0.2) is 6.07 Å². The van der Waals surface area contributed by atoms with Crippen molar-refractivity contribution < 1.29 is 14.7 Å². The molecule has 1 saturated carbocycles. The highest BCUT2D eigenvalue weighted by Crippen LogP contribution is 2.34.